The molecule has 1 heterocycles. The zero-order valence-corrected chi connectivity index (χ0v) is 18.5. The molecule has 0 unspecified atom stereocenters. The molecule has 3 rings (SSSR count). The number of carbonyl (C=O) groups excluding carboxylic acids is 1. The topological polar surface area (TPSA) is 54.0 Å². The van der Waals surface area contributed by atoms with Crippen LogP contribution in [-0.4, -0.2) is 61.6 Å². The highest BCUT2D eigenvalue weighted by molar-refractivity contribution is 6.30. The van der Waals surface area contributed by atoms with E-state index in [1.807, 2.05) is 44.2 Å². The Labute approximate surface area is 183 Å². The normalized spacial score (nSPS) is 15.0. The number of anilines is 1. The molecule has 1 saturated heterocycles. The van der Waals surface area contributed by atoms with E-state index in [0.29, 0.717) is 36.9 Å². The van der Waals surface area contributed by atoms with Crippen LogP contribution in [0.25, 0.3) is 0 Å². The number of amides is 1. The highest BCUT2D eigenvalue weighted by Gasteiger charge is 2.20. The van der Waals surface area contributed by atoms with E-state index >= 15 is 0 Å². The first-order valence-electron chi connectivity index (χ1n) is 10.5. The zero-order chi connectivity index (χ0) is 21.3. The molecule has 0 aromatic heterocycles. The van der Waals surface area contributed by atoms with E-state index in [0.717, 1.165) is 37.7 Å². The van der Waals surface area contributed by atoms with Crippen LogP contribution >= 0.6 is 11.6 Å². The van der Waals surface area contributed by atoms with Crippen LogP contribution in [0.15, 0.2) is 42.5 Å². The number of nitrogens with one attached hydrogen (secondary N) is 1. The first-order chi connectivity index (χ1) is 14.6. The Morgan fingerprint density at radius 3 is 2.30 bits per heavy atom. The van der Waals surface area contributed by atoms with Gasteiger partial charge in [-0.05, 0) is 43.7 Å². The second kappa shape index (κ2) is 11.2. The molecule has 1 N–H and O–H groups in total. The number of halogens is 1. The van der Waals surface area contributed by atoms with Crippen molar-refractivity contribution in [3.05, 3.63) is 53.1 Å². The van der Waals surface area contributed by atoms with Crippen molar-refractivity contribution in [2.45, 2.75) is 20.4 Å². The molecule has 6 nitrogen and oxygen atoms in total. The maximum Gasteiger partial charge on any atom is 0.238 e. The third-order valence-electron chi connectivity index (χ3n) is 4.99. The van der Waals surface area contributed by atoms with E-state index in [4.69, 9.17) is 21.1 Å². The van der Waals surface area contributed by atoms with Crippen LogP contribution in [0.1, 0.15) is 19.4 Å². The molecule has 0 atom stereocenters. The first-order valence-corrected chi connectivity index (χ1v) is 10.8. The molecule has 7 heteroatoms. The molecular weight excluding hydrogens is 402 g/mol. The van der Waals surface area contributed by atoms with Crippen LogP contribution in [0.3, 0.4) is 0 Å². The van der Waals surface area contributed by atoms with Crippen molar-refractivity contribution < 1.29 is 14.3 Å². The van der Waals surface area contributed by atoms with Gasteiger partial charge in [0.2, 0.25) is 5.91 Å². The number of ether oxygens (including phenoxy) is 2. The van der Waals surface area contributed by atoms with Gasteiger partial charge in [-0.25, -0.2) is 0 Å². The Kier molecular flexibility index (Phi) is 8.37. The van der Waals surface area contributed by atoms with E-state index in [-0.39, 0.29) is 5.91 Å². The van der Waals surface area contributed by atoms with Crippen molar-refractivity contribution in [3.63, 3.8) is 0 Å². The second-order valence-electron chi connectivity index (χ2n) is 7.25. The highest BCUT2D eigenvalue weighted by Crippen LogP contribution is 2.29. The van der Waals surface area contributed by atoms with Crippen LogP contribution in [0, 0.1) is 0 Å². The molecule has 1 fully saturated rings. The van der Waals surface area contributed by atoms with Crippen LogP contribution in [0.4, 0.5) is 5.69 Å². The number of rotatable bonds is 9. The summed E-state index contributed by atoms with van der Waals surface area (Å²) in [7, 11) is 0. The molecule has 1 amide bonds. The lowest BCUT2D eigenvalue weighted by Crippen LogP contribution is -2.48. The standard InChI is InChI=1S/C23H30ClN3O3/c1-3-29-20-9-10-22(30-4-2)21(15-20)25-23(28)17-27-13-11-26(12-14-27)16-18-5-7-19(24)8-6-18/h5-10,15H,3-4,11-14,16-17H2,1-2H3,(H,25,28). The Morgan fingerprint density at radius 1 is 0.967 bits per heavy atom. The Hall–Kier alpha value is -2.28. The highest BCUT2D eigenvalue weighted by atomic mass is 35.5. The van der Waals surface area contributed by atoms with Crippen LogP contribution in [-0.2, 0) is 11.3 Å². The fourth-order valence-electron chi connectivity index (χ4n) is 3.49. The van der Waals surface area contributed by atoms with Crippen molar-refractivity contribution in [1.29, 1.82) is 0 Å². The molecule has 0 radical (unpaired) electrons. The molecule has 2 aromatic rings. The fraction of sp³-hybridized carbons (Fsp3) is 0.435. The summed E-state index contributed by atoms with van der Waals surface area (Å²) in [4.78, 5) is 17.2. The maximum atomic E-state index is 12.6. The quantitative estimate of drug-likeness (QED) is 0.652. The van der Waals surface area contributed by atoms with Gasteiger partial charge in [0.1, 0.15) is 11.5 Å². The maximum absolute atomic E-state index is 12.6. The van der Waals surface area contributed by atoms with E-state index < -0.39 is 0 Å². The molecule has 1 aliphatic heterocycles. The van der Waals surface area contributed by atoms with E-state index in [2.05, 4.69) is 27.2 Å². The zero-order valence-electron chi connectivity index (χ0n) is 17.7. The van der Waals surface area contributed by atoms with Crippen LogP contribution in [0.5, 0.6) is 11.5 Å². The number of hydrogen-bond donors (Lipinski definition) is 1. The average Bonchev–Trinajstić information content (AvgIpc) is 2.73. The molecule has 2 aromatic carbocycles. The number of hydrogen-bond acceptors (Lipinski definition) is 5. The summed E-state index contributed by atoms with van der Waals surface area (Å²) in [5.41, 5.74) is 1.90. The van der Waals surface area contributed by atoms with Crippen molar-refractivity contribution in [3.8, 4) is 11.5 Å². The summed E-state index contributed by atoms with van der Waals surface area (Å²) in [5.74, 6) is 1.32. The molecule has 0 bridgehead atoms. The van der Waals surface area contributed by atoms with Gasteiger partial charge in [0.25, 0.3) is 0 Å². The van der Waals surface area contributed by atoms with Gasteiger partial charge in [0, 0.05) is 43.8 Å². The lowest BCUT2D eigenvalue weighted by atomic mass is 10.2. The van der Waals surface area contributed by atoms with Gasteiger partial charge in [0.05, 0.1) is 25.4 Å². The van der Waals surface area contributed by atoms with E-state index in [1.165, 1.54) is 5.56 Å². The lowest BCUT2D eigenvalue weighted by molar-refractivity contribution is -0.117. The average molecular weight is 432 g/mol. The minimum absolute atomic E-state index is 0.0456. The summed E-state index contributed by atoms with van der Waals surface area (Å²) in [6, 6.07) is 13.5. The number of piperazine rings is 1. The van der Waals surface area contributed by atoms with Crippen molar-refractivity contribution in [2.75, 3.05) is 51.3 Å². The van der Waals surface area contributed by atoms with Gasteiger partial charge < -0.3 is 14.8 Å². The summed E-state index contributed by atoms with van der Waals surface area (Å²) < 4.78 is 11.2. The summed E-state index contributed by atoms with van der Waals surface area (Å²) in [5, 5.41) is 3.74. The van der Waals surface area contributed by atoms with Crippen molar-refractivity contribution in [1.82, 2.24) is 9.80 Å². The molecule has 162 valence electrons. The predicted octanol–water partition coefficient (Wildman–Crippen LogP) is 3.89. The predicted molar refractivity (Wildman–Crippen MR) is 121 cm³/mol. The largest absolute Gasteiger partial charge is 0.494 e. The molecule has 1 aliphatic rings. The van der Waals surface area contributed by atoms with Crippen molar-refractivity contribution in [2.24, 2.45) is 0 Å². The Morgan fingerprint density at radius 2 is 1.63 bits per heavy atom. The van der Waals surface area contributed by atoms with Gasteiger partial charge in [-0.2, -0.15) is 0 Å². The lowest BCUT2D eigenvalue weighted by Gasteiger charge is -2.34. The fourth-order valence-corrected chi connectivity index (χ4v) is 3.62. The third kappa shape index (κ3) is 6.62. The van der Waals surface area contributed by atoms with E-state index in [1.54, 1.807) is 0 Å². The molecule has 0 aliphatic carbocycles. The monoisotopic (exact) mass is 431 g/mol. The summed E-state index contributed by atoms with van der Waals surface area (Å²) in [6.07, 6.45) is 0. The molecule has 30 heavy (non-hydrogen) atoms. The minimum Gasteiger partial charge on any atom is -0.494 e. The van der Waals surface area contributed by atoms with Crippen molar-refractivity contribution >= 4 is 23.2 Å². The van der Waals surface area contributed by atoms with Gasteiger partial charge in [-0.3, -0.25) is 14.6 Å². The number of nitrogens with zero attached hydrogens (tertiary/aromatic N) is 2. The number of benzene rings is 2. The molecule has 0 saturated carbocycles. The van der Waals surface area contributed by atoms with E-state index in [9.17, 15) is 4.79 Å². The Bertz CT molecular complexity index is 821. The van der Waals surface area contributed by atoms with Crippen LogP contribution in [0.2, 0.25) is 5.02 Å². The summed E-state index contributed by atoms with van der Waals surface area (Å²) in [6.45, 7) is 9.80. The van der Waals surface area contributed by atoms with Gasteiger partial charge in [-0.1, -0.05) is 23.7 Å². The second-order valence-corrected chi connectivity index (χ2v) is 7.69. The third-order valence-corrected chi connectivity index (χ3v) is 5.24. The van der Waals surface area contributed by atoms with Crippen LogP contribution < -0.4 is 14.8 Å². The SMILES string of the molecule is CCOc1ccc(OCC)c(NC(=O)CN2CCN(Cc3ccc(Cl)cc3)CC2)c1. The van der Waals surface area contributed by atoms with Gasteiger partial charge in [-0.15, -0.1) is 0 Å². The Balaban J connectivity index is 1.50. The summed E-state index contributed by atoms with van der Waals surface area (Å²) >= 11 is 5.96. The first kappa shape index (κ1) is 22.4. The van der Waals surface area contributed by atoms with Gasteiger partial charge in [0.15, 0.2) is 0 Å². The molecule has 0 spiro atoms. The smallest absolute Gasteiger partial charge is 0.238 e. The number of carbonyl (C=O) groups is 1. The molecular formula is C23H30ClN3O3. The van der Waals surface area contributed by atoms with Gasteiger partial charge >= 0.3 is 0 Å². The minimum atomic E-state index is -0.0456.